The first kappa shape index (κ1) is 21.4. The Morgan fingerprint density at radius 3 is 2.28 bits per heavy atom. The van der Waals surface area contributed by atoms with E-state index in [0.29, 0.717) is 28.5 Å². The van der Waals surface area contributed by atoms with Crippen molar-refractivity contribution in [2.45, 2.75) is 19.3 Å². The molecule has 0 bridgehead atoms. The average molecular weight is 438 g/mol. The summed E-state index contributed by atoms with van der Waals surface area (Å²) in [5.41, 5.74) is 2.77. The van der Waals surface area contributed by atoms with Crippen LogP contribution in [-0.2, 0) is 0 Å². The number of anilines is 2. The SMILES string of the molecule is COc1cc(C(=O)Nc2cc(-n3cnnn3)ccc2N2CCCCC2)cc(OC)c1OC. The molecule has 32 heavy (non-hydrogen) atoms. The van der Waals surface area contributed by atoms with Gasteiger partial charge in [-0.2, -0.15) is 0 Å². The standard InChI is InChI=1S/C22H26N6O4/c1-30-19-11-15(12-20(31-2)21(19)32-3)22(29)24-17-13-16(28-14-23-25-26-28)7-8-18(17)27-9-5-4-6-10-27/h7-8,11-14H,4-6,9-10H2,1-3H3,(H,24,29). The van der Waals surface area contributed by atoms with Crippen molar-refractivity contribution in [1.82, 2.24) is 20.2 Å². The summed E-state index contributed by atoms with van der Waals surface area (Å²) in [5, 5.41) is 14.4. The second-order valence-corrected chi connectivity index (χ2v) is 7.37. The smallest absolute Gasteiger partial charge is 0.255 e. The minimum Gasteiger partial charge on any atom is -0.493 e. The summed E-state index contributed by atoms with van der Waals surface area (Å²) < 4.78 is 17.7. The van der Waals surface area contributed by atoms with Crippen LogP contribution in [0, 0.1) is 0 Å². The molecule has 1 saturated heterocycles. The van der Waals surface area contributed by atoms with Crippen molar-refractivity contribution in [3.05, 3.63) is 42.2 Å². The Morgan fingerprint density at radius 2 is 1.69 bits per heavy atom. The molecule has 0 radical (unpaired) electrons. The van der Waals surface area contributed by atoms with Gasteiger partial charge in [0, 0.05) is 18.7 Å². The Morgan fingerprint density at radius 1 is 0.969 bits per heavy atom. The highest BCUT2D eigenvalue weighted by Gasteiger charge is 2.20. The van der Waals surface area contributed by atoms with Gasteiger partial charge in [-0.1, -0.05) is 0 Å². The summed E-state index contributed by atoms with van der Waals surface area (Å²) in [4.78, 5) is 15.5. The van der Waals surface area contributed by atoms with Crippen LogP contribution in [0.1, 0.15) is 29.6 Å². The quantitative estimate of drug-likeness (QED) is 0.601. The number of nitrogens with one attached hydrogen (secondary N) is 1. The number of nitrogens with zero attached hydrogens (tertiary/aromatic N) is 5. The third-order valence-corrected chi connectivity index (χ3v) is 5.47. The first-order chi connectivity index (χ1) is 15.6. The predicted octanol–water partition coefficient (Wildman–Crippen LogP) is 2.93. The molecule has 10 heteroatoms. The van der Waals surface area contributed by atoms with E-state index in [1.807, 2.05) is 18.2 Å². The number of carbonyl (C=O) groups is 1. The second kappa shape index (κ2) is 9.54. The third kappa shape index (κ3) is 4.29. The van der Waals surface area contributed by atoms with Gasteiger partial charge < -0.3 is 24.4 Å². The van der Waals surface area contributed by atoms with Crippen LogP contribution in [0.5, 0.6) is 17.2 Å². The molecule has 0 spiro atoms. The predicted molar refractivity (Wildman–Crippen MR) is 119 cm³/mol. The molecule has 0 atom stereocenters. The lowest BCUT2D eigenvalue weighted by Gasteiger charge is -2.30. The van der Waals surface area contributed by atoms with Crippen molar-refractivity contribution >= 4 is 17.3 Å². The van der Waals surface area contributed by atoms with E-state index in [9.17, 15) is 4.79 Å². The molecule has 1 amide bonds. The van der Waals surface area contributed by atoms with E-state index in [1.165, 1.54) is 34.1 Å². The number of amides is 1. The van der Waals surface area contributed by atoms with Crippen LogP contribution in [0.4, 0.5) is 11.4 Å². The first-order valence-electron chi connectivity index (χ1n) is 10.4. The maximum atomic E-state index is 13.3. The van der Waals surface area contributed by atoms with Crippen LogP contribution in [0.15, 0.2) is 36.7 Å². The lowest BCUT2D eigenvalue weighted by molar-refractivity contribution is 0.102. The van der Waals surface area contributed by atoms with E-state index in [2.05, 4.69) is 25.7 Å². The van der Waals surface area contributed by atoms with Crippen molar-refractivity contribution in [3.63, 3.8) is 0 Å². The van der Waals surface area contributed by atoms with Gasteiger partial charge in [-0.15, -0.1) is 5.10 Å². The maximum absolute atomic E-state index is 13.3. The molecule has 10 nitrogen and oxygen atoms in total. The highest BCUT2D eigenvalue weighted by atomic mass is 16.5. The molecule has 0 unspecified atom stereocenters. The van der Waals surface area contributed by atoms with Crippen molar-refractivity contribution in [1.29, 1.82) is 0 Å². The second-order valence-electron chi connectivity index (χ2n) is 7.37. The Bertz CT molecular complexity index is 1060. The molecule has 1 aromatic heterocycles. The molecule has 1 fully saturated rings. The van der Waals surface area contributed by atoms with Gasteiger partial charge in [-0.25, -0.2) is 4.68 Å². The van der Waals surface area contributed by atoms with E-state index >= 15 is 0 Å². The summed E-state index contributed by atoms with van der Waals surface area (Å²) >= 11 is 0. The number of ether oxygens (including phenoxy) is 3. The molecule has 168 valence electrons. The van der Waals surface area contributed by atoms with Crippen LogP contribution in [0.3, 0.4) is 0 Å². The molecule has 0 saturated carbocycles. The minimum absolute atomic E-state index is 0.295. The fourth-order valence-electron chi connectivity index (χ4n) is 3.86. The van der Waals surface area contributed by atoms with Gasteiger partial charge in [0.25, 0.3) is 5.91 Å². The maximum Gasteiger partial charge on any atom is 0.255 e. The number of tetrazole rings is 1. The lowest BCUT2D eigenvalue weighted by atomic mass is 10.1. The van der Waals surface area contributed by atoms with Gasteiger partial charge in [-0.3, -0.25) is 4.79 Å². The average Bonchev–Trinajstić information content (AvgIpc) is 3.38. The van der Waals surface area contributed by atoms with Gasteiger partial charge in [-0.05, 0) is 60.0 Å². The number of hydrogen-bond acceptors (Lipinski definition) is 8. The Hall–Kier alpha value is -3.82. The first-order valence-corrected chi connectivity index (χ1v) is 10.4. The number of piperidine rings is 1. The van der Waals surface area contributed by atoms with Gasteiger partial charge >= 0.3 is 0 Å². The molecule has 0 aliphatic carbocycles. The molecule has 1 N–H and O–H groups in total. The van der Waals surface area contributed by atoms with Crippen LogP contribution in [0.25, 0.3) is 5.69 Å². The molecule has 1 aliphatic heterocycles. The van der Waals surface area contributed by atoms with Crippen LogP contribution >= 0.6 is 0 Å². The van der Waals surface area contributed by atoms with Crippen LogP contribution in [0.2, 0.25) is 0 Å². The number of benzene rings is 2. The van der Waals surface area contributed by atoms with Gasteiger partial charge in [0.05, 0.1) is 38.4 Å². The fourth-order valence-corrected chi connectivity index (χ4v) is 3.86. The van der Waals surface area contributed by atoms with Crippen molar-refractivity contribution in [2.24, 2.45) is 0 Å². The number of hydrogen-bond donors (Lipinski definition) is 1. The minimum atomic E-state index is -0.295. The Kier molecular flexibility index (Phi) is 6.39. The van der Waals surface area contributed by atoms with E-state index in [4.69, 9.17) is 14.2 Å². The van der Waals surface area contributed by atoms with E-state index in [1.54, 1.807) is 16.8 Å². The molecule has 3 aromatic rings. The third-order valence-electron chi connectivity index (χ3n) is 5.47. The summed E-state index contributed by atoms with van der Waals surface area (Å²) in [6.45, 7) is 1.88. The molecular weight excluding hydrogens is 412 g/mol. The summed E-state index contributed by atoms with van der Waals surface area (Å²) in [5.74, 6) is 0.962. The zero-order chi connectivity index (χ0) is 22.5. The van der Waals surface area contributed by atoms with E-state index in [0.717, 1.165) is 37.3 Å². The van der Waals surface area contributed by atoms with E-state index < -0.39 is 0 Å². The topological polar surface area (TPSA) is 104 Å². The van der Waals surface area contributed by atoms with Gasteiger partial charge in [0.2, 0.25) is 5.75 Å². The fraction of sp³-hybridized carbons (Fsp3) is 0.364. The van der Waals surface area contributed by atoms with Crippen molar-refractivity contribution in [2.75, 3.05) is 44.6 Å². The zero-order valence-electron chi connectivity index (χ0n) is 18.4. The summed E-state index contributed by atoms with van der Waals surface area (Å²) in [6.07, 6.45) is 4.97. The monoisotopic (exact) mass is 438 g/mol. The Labute approximate surface area is 186 Å². The Balaban J connectivity index is 1.70. The van der Waals surface area contributed by atoms with Crippen LogP contribution in [-0.4, -0.2) is 60.5 Å². The molecule has 4 rings (SSSR count). The van der Waals surface area contributed by atoms with E-state index in [-0.39, 0.29) is 5.91 Å². The number of carbonyl (C=O) groups excluding carboxylic acids is 1. The van der Waals surface area contributed by atoms with Crippen molar-refractivity contribution < 1.29 is 19.0 Å². The largest absolute Gasteiger partial charge is 0.493 e. The molecule has 1 aliphatic rings. The lowest BCUT2D eigenvalue weighted by Crippen LogP contribution is -2.30. The van der Waals surface area contributed by atoms with Crippen LogP contribution < -0.4 is 24.4 Å². The van der Waals surface area contributed by atoms with Crippen molar-refractivity contribution in [3.8, 4) is 22.9 Å². The number of rotatable bonds is 7. The normalized spacial score (nSPS) is 13.5. The molecule has 2 heterocycles. The summed E-state index contributed by atoms with van der Waals surface area (Å²) in [7, 11) is 4.56. The number of aromatic nitrogens is 4. The number of methoxy groups -OCH3 is 3. The molecule has 2 aromatic carbocycles. The zero-order valence-corrected chi connectivity index (χ0v) is 18.4. The summed E-state index contributed by atoms with van der Waals surface area (Å²) in [6, 6.07) is 9.06. The highest BCUT2D eigenvalue weighted by Crippen LogP contribution is 2.39. The van der Waals surface area contributed by atoms with Gasteiger partial charge in [0.1, 0.15) is 6.33 Å². The molecular formula is C22H26N6O4. The highest BCUT2D eigenvalue weighted by molar-refractivity contribution is 6.07. The van der Waals surface area contributed by atoms with Gasteiger partial charge in [0.15, 0.2) is 11.5 Å².